The maximum absolute atomic E-state index is 13.8. The summed E-state index contributed by atoms with van der Waals surface area (Å²) in [5.74, 6) is 1.32. The zero-order valence-corrected chi connectivity index (χ0v) is 20.2. The van der Waals surface area contributed by atoms with Crippen LogP contribution < -0.4 is 24.4 Å². The van der Waals surface area contributed by atoms with Crippen LogP contribution in [0.1, 0.15) is 34.7 Å². The normalized spacial score (nSPS) is 17.6. The van der Waals surface area contributed by atoms with Gasteiger partial charge in [0.25, 0.3) is 11.2 Å². The third-order valence-corrected chi connectivity index (χ3v) is 7.95. The van der Waals surface area contributed by atoms with E-state index in [0.29, 0.717) is 32.8 Å². The zero-order valence-electron chi connectivity index (χ0n) is 19.4. The van der Waals surface area contributed by atoms with Crippen LogP contribution in [0.25, 0.3) is 11.8 Å². The van der Waals surface area contributed by atoms with E-state index in [4.69, 9.17) is 14.5 Å². The summed E-state index contributed by atoms with van der Waals surface area (Å²) in [6.07, 6.45) is 3.36. The van der Waals surface area contributed by atoms with E-state index in [1.807, 2.05) is 42.5 Å². The SMILES string of the molecule is O=c1/c(=C\c2ccc3c(c2)OCO3)sc2n1[C@@H](c1cccc([N+](=O)[O-])c1)C1=C(N=2)c2ccccc2CC1. The summed E-state index contributed by atoms with van der Waals surface area (Å²) in [5, 5.41) is 11.6. The number of aryl methyl sites for hydroxylation is 1. The summed E-state index contributed by atoms with van der Waals surface area (Å²) in [4.78, 5) is 30.6. The summed E-state index contributed by atoms with van der Waals surface area (Å²) in [7, 11) is 0. The highest BCUT2D eigenvalue weighted by atomic mass is 32.1. The first-order valence-electron chi connectivity index (χ1n) is 11.8. The van der Waals surface area contributed by atoms with Crippen LogP contribution in [0.4, 0.5) is 5.69 Å². The molecule has 9 heteroatoms. The predicted octanol–water partition coefficient (Wildman–Crippen LogP) is 3.96. The van der Waals surface area contributed by atoms with Gasteiger partial charge in [0, 0.05) is 17.7 Å². The van der Waals surface area contributed by atoms with Gasteiger partial charge >= 0.3 is 0 Å². The first-order chi connectivity index (χ1) is 18.1. The molecule has 3 aromatic carbocycles. The quantitative estimate of drug-likeness (QED) is 0.308. The molecule has 37 heavy (non-hydrogen) atoms. The van der Waals surface area contributed by atoms with Crippen molar-refractivity contribution in [3.05, 3.63) is 124 Å². The highest BCUT2D eigenvalue weighted by Crippen LogP contribution is 2.41. The summed E-state index contributed by atoms with van der Waals surface area (Å²) >= 11 is 1.32. The molecule has 4 aromatic rings. The van der Waals surface area contributed by atoms with Gasteiger partial charge in [-0.05, 0) is 53.3 Å². The van der Waals surface area contributed by atoms with Crippen molar-refractivity contribution >= 4 is 28.8 Å². The minimum Gasteiger partial charge on any atom is -0.454 e. The first-order valence-corrected chi connectivity index (χ1v) is 12.7. The smallest absolute Gasteiger partial charge is 0.271 e. The number of non-ortho nitro benzene ring substituents is 1. The van der Waals surface area contributed by atoms with Crippen molar-refractivity contribution < 1.29 is 14.4 Å². The minimum absolute atomic E-state index is 0.00431. The molecule has 3 aliphatic rings. The Kier molecular flexibility index (Phi) is 4.87. The van der Waals surface area contributed by atoms with Gasteiger partial charge in [-0.2, -0.15) is 0 Å². The van der Waals surface area contributed by atoms with Gasteiger partial charge in [0.1, 0.15) is 0 Å². The molecule has 1 aliphatic carbocycles. The number of thiazole rings is 1. The van der Waals surface area contributed by atoms with Crippen molar-refractivity contribution in [1.82, 2.24) is 4.57 Å². The van der Waals surface area contributed by atoms with E-state index in [0.717, 1.165) is 28.8 Å². The van der Waals surface area contributed by atoms with Crippen molar-refractivity contribution in [2.24, 2.45) is 4.99 Å². The molecule has 0 saturated heterocycles. The molecule has 0 bridgehead atoms. The second-order valence-electron chi connectivity index (χ2n) is 9.08. The molecule has 0 fully saturated rings. The molecule has 2 aliphatic heterocycles. The van der Waals surface area contributed by atoms with E-state index in [9.17, 15) is 14.9 Å². The van der Waals surface area contributed by atoms with Crippen LogP contribution in [-0.2, 0) is 6.42 Å². The van der Waals surface area contributed by atoms with Gasteiger partial charge in [0.2, 0.25) is 6.79 Å². The molecule has 0 amide bonds. The Morgan fingerprint density at radius 3 is 2.78 bits per heavy atom. The number of nitrogens with zero attached hydrogens (tertiary/aromatic N) is 3. The topological polar surface area (TPSA) is 96.0 Å². The Labute approximate surface area is 214 Å². The van der Waals surface area contributed by atoms with Crippen LogP contribution in [0, 0.1) is 10.1 Å². The zero-order chi connectivity index (χ0) is 25.1. The molecule has 1 atom stereocenters. The molecule has 3 heterocycles. The van der Waals surface area contributed by atoms with E-state index in [1.54, 1.807) is 16.7 Å². The lowest BCUT2D eigenvalue weighted by molar-refractivity contribution is -0.384. The van der Waals surface area contributed by atoms with E-state index >= 15 is 0 Å². The molecule has 7 rings (SSSR count). The second-order valence-corrected chi connectivity index (χ2v) is 10.1. The average molecular weight is 510 g/mol. The van der Waals surface area contributed by atoms with Gasteiger partial charge in [-0.25, -0.2) is 4.99 Å². The Morgan fingerprint density at radius 2 is 1.89 bits per heavy atom. The number of fused-ring (bicyclic) bond motifs is 4. The lowest BCUT2D eigenvalue weighted by atomic mass is 9.83. The van der Waals surface area contributed by atoms with Crippen molar-refractivity contribution in [3.8, 4) is 11.5 Å². The van der Waals surface area contributed by atoms with Crippen molar-refractivity contribution in [2.75, 3.05) is 6.79 Å². The Bertz CT molecular complexity index is 1830. The number of hydrogen-bond donors (Lipinski definition) is 0. The number of rotatable bonds is 3. The maximum atomic E-state index is 13.8. The number of benzene rings is 3. The Balaban J connectivity index is 1.47. The molecule has 0 unspecified atom stereocenters. The number of ether oxygens (including phenoxy) is 2. The van der Waals surface area contributed by atoms with E-state index in [1.165, 1.54) is 23.0 Å². The van der Waals surface area contributed by atoms with Crippen molar-refractivity contribution in [1.29, 1.82) is 0 Å². The van der Waals surface area contributed by atoms with Crippen LogP contribution in [0.3, 0.4) is 0 Å². The molecule has 0 spiro atoms. The molecule has 8 nitrogen and oxygen atoms in total. The number of nitro benzene ring substituents is 1. The first kappa shape index (κ1) is 21.8. The number of hydrogen-bond acceptors (Lipinski definition) is 7. The maximum Gasteiger partial charge on any atom is 0.271 e. The number of allylic oxidation sites excluding steroid dienone is 1. The Hall–Kier alpha value is -4.50. The average Bonchev–Trinajstić information content (AvgIpc) is 3.51. The van der Waals surface area contributed by atoms with Gasteiger partial charge in [-0.3, -0.25) is 19.5 Å². The van der Waals surface area contributed by atoms with Crippen LogP contribution in [0.5, 0.6) is 11.5 Å². The molecular formula is C28H19N3O5S. The lowest BCUT2D eigenvalue weighted by Gasteiger charge is -2.30. The fourth-order valence-electron chi connectivity index (χ4n) is 5.29. The van der Waals surface area contributed by atoms with E-state index < -0.39 is 11.0 Å². The third-order valence-electron chi connectivity index (χ3n) is 6.96. The van der Waals surface area contributed by atoms with Crippen molar-refractivity contribution in [2.45, 2.75) is 18.9 Å². The van der Waals surface area contributed by atoms with E-state index in [-0.39, 0.29) is 18.0 Å². The number of aromatic nitrogens is 1. The van der Waals surface area contributed by atoms with Crippen LogP contribution in [0.15, 0.2) is 82.1 Å². The van der Waals surface area contributed by atoms with Crippen LogP contribution >= 0.6 is 11.3 Å². The number of nitro groups is 1. The van der Waals surface area contributed by atoms with Crippen LogP contribution in [0.2, 0.25) is 0 Å². The van der Waals surface area contributed by atoms with Crippen molar-refractivity contribution in [3.63, 3.8) is 0 Å². The summed E-state index contributed by atoms with van der Waals surface area (Å²) in [6.45, 7) is 0.178. The van der Waals surface area contributed by atoms with Crippen LogP contribution in [-0.4, -0.2) is 16.3 Å². The fraction of sp³-hybridized carbons (Fsp3) is 0.143. The molecule has 0 N–H and O–H groups in total. The third kappa shape index (κ3) is 3.50. The highest BCUT2D eigenvalue weighted by Gasteiger charge is 2.33. The highest BCUT2D eigenvalue weighted by molar-refractivity contribution is 7.07. The monoisotopic (exact) mass is 509 g/mol. The van der Waals surface area contributed by atoms with E-state index in [2.05, 4.69) is 12.1 Å². The second kappa shape index (κ2) is 8.28. The van der Waals surface area contributed by atoms with Gasteiger partial charge in [0.05, 0.1) is 21.2 Å². The standard InChI is InChI=1S/C28H19N3O5S/c32-27-24(13-16-8-11-22-23(12-16)36-15-35-22)37-28-29-25-20-7-2-1-4-17(20)9-10-21(25)26(30(27)28)18-5-3-6-19(14-18)31(33)34/h1-8,11-14,26H,9-10,15H2/b24-13+/t26-/m0/s1. The van der Waals surface area contributed by atoms with Gasteiger partial charge in [-0.15, -0.1) is 0 Å². The minimum atomic E-state index is -0.474. The predicted molar refractivity (Wildman–Crippen MR) is 138 cm³/mol. The Morgan fingerprint density at radius 1 is 1.03 bits per heavy atom. The lowest BCUT2D eigenvalue weighted by Crippen LogP contribution is -2.38. The fourth-order valence-corrected chi connectivity index (χ4v) is 6.29. The summed E-state index contributed by atoms with van der Waals surface area (Å²) in [5.41, 5.74) is 5.45. The largest absolute Gasteiger partial charge is 0.454 e. The summed E-state index contributed by atoms with van der Waals surface area (Å²) in [6, 6.07) is 19.8. The van der Waals surface area contributed by atoms with Gasteiger partial charge < -0.3 is 9.47 Å². The summed E-state index contributed by atoms with van der Waals surface area (Å²) < 4.78 is 13.1. The van der Waals surface area contributed by atoms with Gasteiger partial charge in [-0.1, -0.05) is 53.8 Å². The van der Waals surface area contributed by atoms with Gasteiger partial charge in [0.15, 0.2) is 16.3 Å². The molecule has 182 valence electrons. The molecule has 0 saturated carbocycles. The molecule has 1 aromatic heterocycles. The molecule has 0 radical (unpaired) electrons. The molecular weight excluding hydrogens is 490 g/mol.